The van der Waals surface area contributed by atoms with Crippen molar-refractivity contribution in [3.05, 3.63) is 39.9 Å². The number of anilines is 1. The molecule has 0 saturated heterocycles. The second-order valence-corrected chi connectivity index (χ2v) is 7.74. The van der Waals surface area contributed by atoms with Gasteiger partial charge in [0.15, 0.2) is 5.60 Å². The minimum Gasteiger partial charge on any atom is -0.445 e. The van der Waals surface area contributed by atoms with Crippen molar-refractivity contribution in [1.29, 1.82) is 0 Å². The zero-order valence-corrected chi connectivity index (χ0v) is 15.6. The highest BCUT2D eigenvalue weighted by Crippen LogP contribution is 2.31. The van der Waals surface area contributed by atoms with Gasteiger partial charge in [-0.1, -0.05) is 44.2 Å². The zero-order chi connectivity index (χ0) is 18.2. The highest BCUT2D eigenvalue weighted by Gasteiger charge is 2.43. The number of ether oxygens (including phenoxy) is 1. The van der Waals surface area contributed by atoms with Crippen LogP contribution in [0.4, 0.5) is 5.13 Å². The molecule has 1 amide bonds. The summed E-state index contributed by atoms with van der Waals surface area (Å²) in [7, 11) is 0. The van der Waals surface area contributed by atoms with Crippen LogP contribution in [0.1, 0.15) is 60.1 Å². The van der Waals surface area contributed by atoms with Crippen molar-refractivity contribution in [2.75, 3.05) is 5.32 Å². The van der Waals surface area contributed by atoms with Gasteiger partial charge in [-0.15, -0.1) is 10.2 Å². The molecule has 132 valence electrons. The van der Waals surface area contributed by atoms with E-state index in [-0.39, 0.29) is 5.91 Å². The summed E-state index contributed by atoms with van der Waals surface area (Å²) < 4.78 is 5.47. The average molecular weight is 359 g/mol. The summed E-state index contributed by atoms with van der Waals surface area (Å²) >= 11 is 1.32. The highest BCUT2D eigenvalue weighted by molar-refractivity contribution is 7.15. The number of aromatic nitrogens is 2. The van der Waals surface area contributed by atoms with Gasteiger partial charge in [0.05, 0.1) is 5.56 Å². The first-order chi connectivity index (χ1) is 11.8. The molecule has 0 aliphatic carbocycles. The molecule has 0 bridgehead atoms. The maximum Gasteiger partial charge on any atom is 0.339 e. The molecule has 1 unspecified atom stereocenters. The van der Waals surface area contributed by atoms with Crippen LogP contribution >= 0.6 is 11.3 Å². The Hall–Kier alpha value is -2.28. The average Bonchev–Trinajstić information content (AvgIpc) is 3.01. The third-order valence-electron chi connectivity index (χ3n) is 4.33. The van der Waals surface area contributed by atoms with Crippen molar-refractivity contribution in [2.45, 2.75) is 52.1 Å². The molecule has 1 aromatic heterocycles. The lowest BCUT2D eigenvalue weighted by atomic mass is 9.87. The van der Waals surface area contributed by atoms with Gasteiger partial charge in [-0.05, 0) is 36.5 Å². The SMILES string of the molecule is CCc1nnc(NC(=O)C2(C)Cc3cc(C(C)C)ccc3C(=O)O2)s1. The van der Waals surface area contributed by atoms with Crippen LogP contribution in [0.2, 0.25) is 0 Å². The van der Waals surface area contributed by atoms with Gasteiger partial charge < -0.3 is 4.74 Å². The van der Waals surface area contributed by atoms with E-state index >= 15 is 0 Å². The number of fused-ring (bicyclic) bond motifs is 1. The maximum absolute atomic E-state index is 12.7. The van der Waals surface area contributed by atoms with Gasteiger partial charge in [0.2, 0.25) is 5.13 Å². The van der Waals surface area contributed by atoms with E-state index in [2.05, 4.69) is 29.4 Å². The molecule has 7 heteroatoms. The smallest absolute Gasteiger partial charge is 0.339 e. The molecule has 1 aromatic carbocycles. The molecule has 0 saturated carbocycles. The van der Waals surface area contributed by atoms with Crippen LogP contribution in [0.5, 0.6) is 0 Å². The number of rotatable bonds is 4. The minimum absolute atomic E-state index is 0.333. The standard InChI is InChI=1S/C18H21N3O3S/c1-5-14-20-21-17(25-14)19-16(23)18(4)9-12-8-11(10(2)3)6-7-13(12)15(22)24-18/h6-8,10H,5,9H2,1-4H3,(H,19,21,23). The zero-order valence-electron chi connectivity index (χ0n) is 14.8. The summed E-state index contributed by atoms with van der Waals surface area (Å²) in [4.78, 5) is 25.1. The van der Waals surface area contributed by atoms with Crippen molar-refractivity contribution in [1.82, 2.24) is 10.2 Å². The first-order valence-corrected chi connectivity index (χ1v) is 9.14. The van der Waals surface area contributed by atoms with Crippen molar-refractivity contribution >= 4 is 28.3 Å². The van der Waals surface area contributed by atoms with Gasteiger partial charge in [0.1, 0.15) is 5.01 Å². The number of carbonyl (C=O) groups excluding carboxylic acids is 2. The fraction of sp³-hybridized carbons (Fsp3) is 0.444. The summed E-state index contributed by atoms with van der Waals surface area (Å²) in [6.07, 6.45) is 1.09. The third kappa shape index (κ3) is 3.42. The molecular formula is C18H21N3O3S. The van der Waals surface area contributed by atoms with Gasteiger partial charge in [-0.2, -0.15) is 0 Å². The molecule has 1 atom stereocenters. The first kappa shape index (κ1) is 17.5. The van der Waals surface area contributed by atoms with Crippen molar-refractivity contribution in [3.63, 3.8) is 0 Å². The van der Waals surface area contributed by atoms with E-state index in [1.54, 1.807) is 13.0 Å². The molecule has 0 spiro atoms. The molecular weight excluding hydrogens is 338 g/mol. The number of hydrogen-bond donors (Lipinski definition) is 1. The van der Waals surface area contributed by atoms with Crippen LogP contribution in [0, 0.1) is 0 Å². The first-order valence-electron chi connectivity index (χ1n) is 8.32. The number of esters is 1. The van der Waals surface area contributed by atoms with Crippen LogP contribution in [0.25, 0.3) is 0 Å². The predicted octanol–water partition coefficient (Wildman–Crippen LogP) is 3.33. The van der Waals surface area contributed by atoms with Crippen LogP contribution in [0.15, 0.2) is 18.2 Å². The fourth-order valence-electron chi connectivity index (χ4n) is 2.78. The normalized spacial score (nSPS) is 19.5. The lowest BCUT2D eigenvalue weighted by Gasteiger charge is -2.33. The Kier molecular flexibility index (Phi) is 4.60. The second-order valence-electron chi connectivity index (χ2n) is 6.68. The molecule has 0 radical (unpaired) electrons. The third-order valence-corrected chi connectivity index (χ3v) is 5.31. The van der Waals surface area contributed by atoms with E-state index in [1.165, 1.54) is 11.3 Å². The summed E-state index contributed by atoms with van der Waals surface area (Å²) in [5.74, 6) is -0.516. The Balaban J connectivity index is 1.85. The molecule has 1 aliphatic heterocycles. The van der Waals surface area contributed by atoms with Crippen molar-refractivity contribution < 1.29 is 14.3 Å². The van der Waals surface area contributed by atoms with Gasteiger partial charge in [-0.25, -0.2) is 4.79 Å². The number of cyclic esters (lactones) is 1. The van der Waals surface area contributed by atoms with E-state index < -0.39 is 11.6 Å². The predicted molar refractivity (Wildman–Crippen MR) is 96.0 cm³/mol. The Labute approximate surface area is 150 Å². The Morgan fingerprint density at radius 1 is 1.40 bits per heavy atom. The number of nitrogens with one attached hydrogen (secondary N) is 1. The molecule has 25 heavy (non-hydrogen) atoms. The maximum atomic E-state index is 12.7. The monoisotopic (exact) mass is 359 g/mol. The number of nitrogens with zero attached hydrogens (tertiary/aromatic N) is 2. The van der Waals surface area contributed by atoms with Gasteiger partial charge in [-0.3, -0.25) is 10.1 Å². The van der Waals surface area contributed by atoms with E-state index in [4.69, 9.17) is 4.74 Å². The van der Waals surface area contributed by atoms with E-state index in [0.717, 1.165) is 22.6 Å². The van der Waals surface area contributed by atoms with E-state index in [9.17, 15) is 9.59 Å². The number of amides is 1. The summed E-state index contributed by atoms with van der Waals surface area (Å²) in [6.45, 7) is 7.79. The molecule has 1 N–H and O–H groups in total. The molecule has 2 aromatic rings. The van der Waals surface area contributed by atoms with Crippen LogP contribution < -0.4 is 5.32 Å². The number of carbonyl (C=O) groups is 2. The summed E-state index contributed by atoms with van der Waals surface area (Å²) in [5.41, 5.74) is 1.23. The lowest BCUT2D eigenvalue weighted by molar-refractivity contribution is -0.134. The second kappa shape index (κ2) is 6.55. The Morgan fingerprint density at radius 3 is 2.80 bits per heavy atom. The molecule has 2 heterocycles. The number of aryl methyl sites for hydroxylation is 1. The molecule has 3 rings (SSSR count). The Bertz CT molecular complexity index is 831. The largest absolute Gasteiger partial charge is 0.445 e. The van der Waals surface area contributed by atoms with E-state index in [0.29, 0.717) is 23.0 Å². The molecule has 6 nitrogen and oxygen atoms in total. The van der Waals surface area contributed by atoms with E-state index in [1.807, 2.05) is 19.1 Å². The van der Waals surface area contributed by atoms with Gasteiger partial charge in [0.25, 0.3) is 5.91 Å². The topological polar surface area (TPSA) is 81.2 Å². The van der Waals surface area contributed by atoms with Crippen molar-refractivity contribution in [2.24, 2.45) is 0 Å². The minimum atomic E-state index is -1.27. The summed E-state index contributed by atoms with van der Waals surface area (Å²) in [5, 5.41) is 11.9. The highest BCUT2D eigenvalue weighted by atomic mass is 32.1. The number of benzene rings is 1. The quantitative estimate of drug-likeness (QED) is 0.847. The van der Waals surface area contributed by atoms with Crippen LogP contribution in [-0.4, -0.2) is 27.7 Å². The van der Waals surface area contributed by atoms with Gasteiger partial charge in [0, 0.05) is 6.42 Å². The fourth-order valence-corrected chi connectivity index (χ4v) is 3.45. The Morgan fingerprint density at radius 2 is 2.16 bits per heavy atom. The molecule has 0 fully saturated rings. The van der Waals surface area contributed by atoms with Gasteiger partial charge >= 0.3 is 5.97 Å². The van der Waals surface area contributed by atoms with Crippen molar-refractivity contribution in [3.8, 4) is 0 Å². The number of hydrogen-bond acceptors (Lipinski definition) is 6. The van der Waals surface area contributed by atoms with Crippen LogP contribution in [-0.2, 0) is 22.4 Å². The van der Waals surface area contributed by atoms with Crippen LogP contribution in [0.3, 0.4) is 0 Å². The lowest BCUT2D eigenvalue weighted by Crippen LogP contribution is -2.49. The molecule has 1 aliphatic rings. The summed E-state index contributed by atoms with van der Waals surface area (Å²) in [6, 6.07) is 5.70.